The Kier molecular flexibility index (Phi) is 7.40. The summed E-state index contributed by atoms with van der Waals surface area (Å²) in [6, 6.07) is 17.4. The van der Waals surface area contributed by atoms with Crippen molar-refractivity contribution < 1.29 is 33.3 Å². The van der Waals surface area contributed by atoms with Gasteiger partial charge in [0.2, 0.25) is 0 Å². The number of hydrogen-bond acceptors (Lipinski definition) is 9. The van der Waals surface area contributed by atoms with Crippen LogP contribution in [-0.2, 0) is 23.7 Å². The lowest BCUT2D eigenvalue weighted by atomic mass is 10.1. The number of esters is 3. The fraction of sp³-hybridized carbons (Fsp3) is 0.240. The number of H-pyrrole nitrogens is 1. The van der Waals surface area contributed by atoms with Gasteiger partial charge in [-0.2, -0.15) is 0 Å². The molecule has 2 unspecified atom stereocenters. The van der Waals surface area contributed by atoms with Crippen molar-refractivity contribution in [3.63, 3.8) is 0 Å². The van der Waals surface area contributed by atoms with E-state index in [1.807, 2.05) is 0 Å². The highest BCUT2D eigenvalue weighted by Gasteiger charge is 2.51. The number of carbonyl (C=O) groups excluding carboxylic acids is 3. The summed E-state index contributed by atoms with van der Waals surface area (Å²) in [5.74, 6) is -2.12. The Balaban J connectivity index is 1.65. The minimum atomic E-state index is -1.29. The molecule has 1 aliphatic heterocycles. The molecular formula is C25H22N2O9. The van der Waals surface area contributed by atoms with E-state index in [0.717, 1.165) is 23.8 Å². The third kappa shape index (κ3) is 5.58. The third-order valence-corrected chi connectivity index (χ3v) is 5.35. The Morgan fingerprint density at radius 3 is 2.06 bits per heavy atom. The van der Waals surface area contributed by atoms with Crippen LogP contribution in [0.1, 0.15) is 33.9 Å². The van der Waals surface area contributed by atoms with Gasteiger partial charge in [0.25, 0.3) is 5.56 Å². The molecule has 0 spiro atoms. The minimum Gasteiger partial charge on any atom is -0.459 e. The molecule has 11 heteroatoms. The normalized spacial score (nSPS) is 20.9. The maximum Gasteiger partial charge on any atom is 0.338 e. The predicted octanol–water partition coefficient (Wildman–Crippen LogP) is 1.45. The fourth-order valence-corrected chi connectivity index (χ4v) is 3.73. The predicted molar refractivity (Wildman–Crippen MR) is 123 cm³/mol. The van der Waals surface area contributed by atoms with Crippen molar-refractivity contribution in [2.24, 2.45) is 0 Å². The molecule has 0 saturated carbocycles. The minimum absolute atomic E-state index is 0.226. The molecule has 11 nitrogen and oxygen atoms in total. The van der Waals surface area contributed by atoms with Crippen molar-refractivity contribution in [2.75, 3.05) is 6.61 Å². The Labute approximate surface area is 204 Å². The topological polar surface area (TPSA) is 143 Å². The zero-order valence-electron chi connectivity index (χ0n) is 19.1. The summed E-state index contributed by atoms with van der Waals surface area (Å²) in [6.07, 6.45) is -3.78. The number of ether oxygens (including phenoxy) is 4. The summed E-state index contributed by atoms with van der Waals surface area (Å²) in [5.41, 5.74) is -0.958. The summed E-state index contributed by atoms with van der Waals surface area (Å²) < 4.78 is 23.4. The number of nitrogens with zero attached hydrogens (tertiary/aromatic N) is 1. The van der Waals surface area contributed by atoms with Gasteiger partial charge >= 0.3 is 23.6 Å². The average Bonchev–Trinajstić information content (AvgIpc) is 3.19. The van der Waals surface area contributed by atoms with E-state index in [2.05, 4.69) is 4.98 Å². The van der Waals surface area contributed by atoms with Crippen molar-refractivity contribution in [3.8, 4) is 0 Å². The number of nitrogens with one attached hydrogen (secondary N) is 1. The van der Waals surface area contributed by atoms with Gasteiger partial charge in [-0.3, -0.25) is 19.1 Å². The molecule has 0 radical (unpaired) electrons. The number of rotatable bonds is 7. The molecule has 0 aliphatic carbocycles. The zero-order chi connectivity index (χ0) is 25.7. The monoisotopic (exact) mass is 494 g/mol. The number of hydrogen-bond donors (Lipinski definition) is 1. The van der Waals surface area contributed by atoms with E-state index < -0.39 is 53.7 Å². The first kappa shape index (κ1) is 24.6. The van der Waals surface area contributed by atoms with Crippen LogP contribution < -0.4 is 11.2 Å². The van der Waals surface area contributed by atoms with Gasteiger partial charge in [-0.25, -0.2) is 14.4 Å². The molecule has 186 valence electrons. The van der Waals surface area contributed by atoms with Crippen LogP contribution >= 0.6 is 0 Å². The molecule has 1 aromatic heterocycles. The maximum absolute atomic E-state index is 12.8. The first-order chi connectivity index (χ1) is 17.3. The van der Waals surface area contributed by atoms with E-state index in [1.54, 1.807) is 48.5 Å². The highest BCUT2D eigenvalue weighted by Crippen LogP contribution is 2.34. The van der Waals surface area contributed by atoms with Crippen LogP contribution in [0, 0.1) is 0 Å². The molecule has 1 saturated heterocycles. The van der Waals surface area contributed by atoms with E-state index in [1.165, 1.54) is 12.1 Å². The quantitative estimate of drug-likeness (QED) is 0.381. The molecule has 0 bridgehead atoms. The van der Waals surface area contributed by atoms with E-state index in [4.69, 9.17) is 18.9 Å². The first-order valence-electron chi connectivity index (χ1n) is 11.0. The third-order valence-electron chi connectivity index (χ3n) is 5.35. The standard InChI is InChI=1S/C25H22N2O9/c1-15(28)34-21-20(36-24(31)17-10-6-3-7-11-17)18(14-33-23(30)16-8-4-2-5-9-16)35-22(21)27-13-12-19(29)26-25(27)32/h2-13,18,20-22H,14H2,1H3,(H,26,29,32)/t18-,20?,21?,22-/m0/s1. The lowest BCUT2D eigenvalue weighted by Crippen LogP contribution is -2.42. The number of carbonyl (C=O) groups is 3. The first-order valence-corrected chi connectivity index (χ1v) is 11.0. The second-order valence-electron chi connectivity index (χ2n) is 7.86. The largest absolute Gasteiger partial charge is 0.459 e. The molecule has 2 aromatic carbocycles. The van der Waals surface area contributed by atoms with Crippen LogP contribution in [0.5, 0.6) is 0 Å². The van der Waals surface area contributed by atoms with Crippen molar-refractivity contribution in [2.45, 2.75) is 31.5 Å². The number of benzene rings is 2. The SMILES string of the molecule is CC(=O)OC1C(OC(=O)c2ccccc2)[C@H](COC(=O)c2ccccc2)O[C@@H]1n1ccc(=O)[nH]c1=O. The van der Waals surface area contributed by atoms with Crippen molar-refractivity contribution >= 4 is 17.9 Å². The lowest BCUT2D eigenvalue weighted by Gasteiger charge is -2.24. The van der Waals surface area contributed by atoms with E-state index in [0.29, 0.717) is 5.56 Å². The smallest absolute Gasteiger partial charge is 0.338 e. The number of aromatic amines is 1. The van der Waals surface area contributed by atoms with Gasteiger partial charge in [-0.1, -0.05) is 36.4 Å². The Bertz CT molecular complexity index is 1350. The van der Waals surface area contributed by atoms with Crippen LogP contribution in [0.3, 0.4) is 0 Å². The van der Waals surface area contributed by atoms with Gasteiger partial charge in [0.1, 0.15) is 12.7 Å². The Hall–Kier alpha value is -4.51. The molecule has 4 rings (SSSR count). The summed E-state index contributed by atoms with van der Waals surface area (Å²) in [6.45, 7) is 0.762. The van der Waals surface area contributed by atoms with Gasteiger partial charge in [-0.15, -0.1) is 0 Å². The average molecular weight is 494 g/mol. The fourth-order valence-electron chi connectivity index (χ4n) is 3.73. The molecule has 1 fully saturated rings. The molecule has 1 aliphatic rings. The highest BCUT2D eigenvalue weighted by atomic mass is 16.7. The molecule has 36 heavy (non-hydrogen) atoms. The molecule has 4 atom stereocenters. The Morgan fingerprint density at radius 1 is 0.861 bits per heavy atom. The van der Waals surface area contributed by atoms with E-state index in [9.17, 15) is 24.0 Å². The molecule has 3 aromatic rings. The van der Waals surface area contributed by atoms with E-state index in [-0.39, 0.29) is 12.2 Å². The summed E-state index contributed by atoms with van der Waals surface area (Å²) in [5, 5.41) is 0. The summed E-state index contributed by atoms with van der Waals surface area (Å²) in [7, 11) is 0. The van der Waals surface area contributed by atoms with Crippen LogP contribution in [0.15, 0.2) is 82.5 Å². The van der Waals surface area contributed by atoms with Gasteiger partial charge in [0, 0.05) is 19.2 Å². The van der Waals surface area contributed by atoms with Crippen LogP contribution in [0.25, 0.3) is 0 Å². The highest BCUT2D eigenvalue weighted by molar-refractivity contribution is 5.90. The van der Waals surface area contributed by atoms with Crippen LogP contribution in [0.2, 0.25) is 0 Å². The van der Waals surface area contributed by atoms with E-state index >= 15 is 0 Å². The second-order valence-corrected chi connectivity index (χ2v) is 7.86. The van der Waals surface area contributed by atoms with Crippen molar-refractivity contribution in [3.05, 3.63) is 105 Å². The molecular weight excluding hydrogens is 472 g/mol. The zero-order valence-corrected chi connectivity index (χ0v) is 19.1. The summed E-state index contributed by atoms with van der Waals surface area (Å²) >= 11 is 0. The van der Waals surface area contributed by atoms with Gasteiger partial charge in [0.05, 0.1) is 11.1 Å². The van der Waals surface area contributed by atoms with Crippen LogP contribution in [-0.4, -0.2) is 52.4 Å². The van der Waals surface area contributed by atoms with Crippen molar-refractivity contribution in [1.82, 2.24) is 9.55 Å². The van der Waals surface area contributed by atoms with Gasteiger partial charge < -0.3 is 18.9 Å². The maximum atomic E-state index is 12.8. The Morgan fingerprint density at radius 2 is 1.47 bits per heavy atom. The van der Waals surface area contributed by atoms with Gasteiger partial charge in [-0.05, 0) is 24.3 Å². The lowest BCUT2D eigenvalue weighted by molar-refractivity contribution is -0.156. The van der Waals surface area contributed by atoms with Crippen molar-refractivity contribution in [1.29, 1.82) is 0 Å². The second kappa shape index (κ2) is 10.8. The molecule has 1 N–H and O–H groups in total. The number of aromatic nitrogens is 2. The van der Waals surface area contributed by atoms with Gasteiger partial charge in [0.15, 0.2) is 18.4 Å². The molecule has 2 heterocycles. The van der Waals surface area contributed by atoms with Crippen LogP contribution in [0.4, 0.5) is 0 Å². The summed E-state index contributed by atoms with van der Waals surface area (Å²) in [4.78, 5) is 63.4. The molecule has 0 amide bonds.